The number of hydrogen-bond donors (Lipinski definition) is 1. The first-order valence-electron chi connectivity index (χ1n) is 4.76. The molecule has 1 aromatic heterocycles. The normalized spacial score (nSPS) is 11.2. The van der Waals surface area contributed by atoms with Crippen molar-refractivity contribution in [3.05, 3.63) is 34.7 Å². The zero-order valence-electron chi connectivity index (χ0n) is 8.43. The van der Waals surface area contributed by atoms with Crippen LogP contribution in [-0.2, 0) is 13.5 Å². The van der Waals surface area contributed by atoms with Gasteiger partial charge in [0.2, 0.25) is 0 Å². The molecule has 2 aromatic rings. The van der Waals surface area contributed by atoms with Crippen LogP contribution in [0.1, 0.15) is 5.56 Å². The van der Waals surface area contributed by atoms with Gasteiger partial charge in [-0.1, -0.05) is 11.6 Å². The predicted octanol–water partition coefficient (Wildman–Crippen LogP) is 2.47. The van der Waals surface area contributed by atoms with E-state index in [1.165, 1.54) is 6.07 Å². The SMILES string of the molecule is Cn1cc(CCN)c2cc(Cl)cc(F)c21. The number of nitrogens with two attached hydrogens (primary N) is 1. The molecule has 0 spiro atoms. The molecule has 2 nitrogen and oxygen atoms in total. The molecular weight excluding hydrogens is 215 g/mol. The van der Waals surface area contributed by atoms with Gasteiger partial charge in [-0.3, -0.25) is 0 Å². The number of benzene rings is 1. The second-order valence-electron chi connectivity index (χ2n) is 3.59. The van der Waals surface area contributed by atoms with Crippen LogP contribution in [0.2, 0.25) is 5.02 Å². The van der Waals surface area contributed by atoms with E-state index in [0.717, 1.165) is 17.4 Å². The van der Waals surface area contributed by atoms with Gasteiger partial charge in [-0.15, -0.1) is 0 Å². The van der Waals surface area contributed by atoms with E-state index in [2.05, 4.69) is 0 Å². The Bertz CT molecular complexity index is 505. The second kappa shape index (κ2) is 3.83. The summed E-state index contributed by atoms with van der Waals surface area (Å²) in [6.45, 7) is 0.549. The molecule has 80 valence electrons. The van der Waals surface area contributed by atoms with Crippen LogP contribution in [0.3, 0.4) is 0 Å². The molecule has 4 heteroatoms. The van der Waals surface area contributed by atoms with Crippen molar-refractivity contribution >= 4 is 22.5 Å². The van der Waals surface area contributed by atoms with Gasteiger partial charge >= 0.3 is 0 Å². The van der Waals surface area contributed by atoms with E-state index >= 15 is 0 Å². The Morgan fingerprint density at radius 3 is 2.87 bits per heavy atom. The van der Waals surface area contributed by atoms with Crippen molar-refractivity contribution in [2.45, 2.75) is 6.42 Å². The monoisotopic (exact) mass is 226 g/mol. The summed E-state index contributed by atoms with van der Waals surface area (Å²) in [5.41, 5.74) is 7.13. The van der Waals surface area contributed by atoms with Crippen LogP contribution in [-0.4, -0.2) is 11.1 Å². The van der Waals surface area contributed by atoms with Gasteiger partial charge in [0.25, 0.3) is 0 Å². The molecule has 0 saturated heterocycles. The van der Waals surface area contributed by atoms with Crippen molar-refractivity contribution in [2.24, 2.45) is 12.8 Å². The lowest BCUT2D eigenvalue weighted by atomic mass is 10.1. The molecule has 0 fully saturated rings. The molecule has 0 radical (unpaired) electrons. The molecule has 2 N–H and O–H groups in total. The van der Waals surface area contributed by atoms with Crippen LogP contribution in [0.4, 0.5) is 4.39 Å². The first-order valence-corrected chi connectivity index (χ1v) is 5.14. The number of fused-ring (bicyclic) bond motifs is 1. The molecule has 0 unspecified atom stereocenters. The molecule has 0 amide bonds. The minimum atomic E-state index is -0.289. The van der Waals surface area contributed by atoms with Crippen LogP contribution >= 0.6 is 11.6 Å². The Hall–Kier alpha value is -1.06. The van der Waals surface area contributed by atoms with Gasteiger partial charge in [-0.05, 0) is 30.7 Å². The lowest BCUT2D eigenvalue weighted by molar-refractivity contribution is 0.632. The van der Waals surface area contributed by atoms with E-state index in [9.17, 15) is 4.39 Å². The number of hydrogen-bond acceptors (Lipinski definition) is 1. The van der Waals surface area contributed by atoms with Crippen molar-refractivity contribution in [1.29, 1.82) is 0 Å². The molecule has 2 rings (SSSR count). The number of halogens is 2. The standard InChI is InChI=1S/C11H12ClFN2/c1-15-6-7(2-3-14)9-4-8(12)5-10(13)11(9)15/h4-6H,2-3,14H2,1H3. The fourth-order valence-electron chi connectivity index (χ4n) is 1.89. The Balaban J connectivity index is 2.75. The van der Waals surface area contributed by atoms with Gasteiger partial charge in [-0.25, -0.2) is 4.39 Å². The van der Waals surface area contributed by atoms with Crippen LogP contribution < -0.4 is 5.73 Å². The first kappa shape index (κ1) is 10.5. The second-order valence-corrected chi connectivity index (χ2v) is 4.02. The lowest BCUT2D eigenvalue weighted by Crippen LogP contribution is -2.01. The van der Waals surface area contributed by atoms with Crippen molar-refractivity contribution in [3.8, 4) is 0 Å². The molecule has 0 aliphatic carbocycles. The number of rotatable bonds is 2. The molecule has 15 heavy (non-hydrogen) atoms. The summed E-state index contributed by atoms with van der Waals surface area (Å²) in [5, 5.41) is 1.28. The summed E-state index contributed by atoms with van der Waals surface area (Å²) in [4.78, 5) is 0. The molecular formula is C11H12ClFN2. The zero-order chi connectivity index (χ0) is 11.0. The highest BCUT2D eigenvalue weighted by Crippen LogP contribution is 2.27. The van der Waals surface area contributed by atoms with Crippen molar-refractivity contribution in [3.63, 3.8) is 0 Å². The maximum absolute atomic E-state index is 13.6. The lowest BCUT2D eigenvalue weighted by Gasteiger charge is -1.99. The smallest absolute Gasteiger partial charge is 0.148 e. The van der Waals surface area contributed by atoms with Crippen LogP contribution in [0, 0.1) is 5.82 Å². The molecule has 0 aliphatic rings. The average molecular weight is 227 g/mol. The van der Waals surface area contributed by atoms with E-state index in [1.807, 2.05) is 13.2 Å². The Morgan fingerprint density at radius 1 is 1.47 bits per heavy atom. The van der Waals surface area contributed by atoms with Gasteiger partial charge in [0.15, 0.2) is 0 Å². The number of nitrogens with zero attached hydrogens (tertiary/aromatic N) is 1. The maximum atomic E-state index is 13.6. The molecule has 0 atom stereocenters. The van der Waals surface area contributed by atoms with Gasteiger partial charge in [-0.2, -0.15) is 0 Å². The highest BCUT2D eigenvalue weighted by molar-refractivity contribution is 6.31. The van der Waals surface area contributed by atoms with Crippen molar-refractivity contribution in [1.82, 2.24) is 4.57 Å². The van der Waals surface area contributed by atoms with Crippen molar-refractivity contribution < 1.29 is 4.39 Å². The molecule has 1 heterocycles. The van der Waals surface area contributed by atoms with Gasteiger partial charge in [0, 0.05) is 23.7 Å². The average Bonchev–Trinajstić information content (AvgIpc) is 2.43. The molecule has 1 aromatic carbocycles. The molecule has 0 bridgehead atoms. The van der Waals surface area contributed by atoms with Gasteiger partial charge in [0.1, 0.15) is 5.82 Å². The van der Waals surface area contributed by atoms with E-state index < -0.39 is 0 Å². The summed E-state index contributed by atoms with van der Waals surface area (Å²) in [5.74, 6) is -0.289. The minimum absolute atomic E-state index is 0.289. The van der Waals surface area contributed by atoms with Crippen LogP contribution in [0.15, 0.2) is 18.3 Å². The minimum Gasteiger partial charge on any atom is -0.348 e. The zero-order valence-corrected chi connectivity index (χ0v) is 9.18. The van der Waals surface area contributed by atoms with Crippen LogP contribution in [0.5, 0.6) is 0 Å². The Labute approximate surface area is 92.4 Å². The third-order valence-corrected chi connectivity index (χ3v) is 2.71. The largest absolute Gasteiger partial charge is 0.348 e. The summed E-state index contributed by atoms with van der Waals surface area (Å²) >= 11 is 5.82. The number of aromatic nitrogens is 1. The fourth-order valence-corrected chi connectivity index (χ4v) is 2.10. The molecule has 0 aliphatic heterocycles. The summed E-state index contributed by atoms with van der Waals surface area (Å²) in [7, 11) is 1.82. The first-order chi connectivity index (χ1) is 7.13. The molecule has 0 saturated carbocycles. The maximum Gasteiger partial charge on any atom is 0.148 e. The Morgan fingerprint density at radius 2 is 2.20 bits per heavy atom. The van der Waals surface area contributed by atoms with Gasteiger partial charge in [0.05, 0.1) is 5.52 Å². The summed E-state index contributed by atoms with van der Waals surface area (Å²) in [6.07, 6.45) is 2.63. The highest BCUT2D eigenvalue weighted by atomic mass is 35.5. The van der Waals surface area contributed by atoms with E-state index in [0.29, 0.717) is 17.1 Å². The predicted molar refractivity (Wildman–Crippen MR) is 60.6 cm³/mol. The fraction of sp³-hybridized carbons (Fsp3) is 0.273. The summed E-state index contributed by atoms with van der Waals surface area (Å²) in [6, 6.07) is 3.11. The van der Waals surface area contributed by atoms with Crippen LogP contribution in [0.25, 0.3) is 10.9 Å². The van der Waals surface area contributed by atoms with Crippen molar-refractivity contribution in [2.75, 3.05) is 6.54 Å². The summed E-state index contributed by atoms with van der Waals surface area (Å²) < 4.78 is 15.4. The number of aryl methyl sites for hydroxylation is 1. The van der Waals surface area contributed by atoms with E-state index in [1.54, 1.807) is 10.6 Å². The van der Waals surface area contributed by atoms with E-state index in [4.69, 9.17) is 17.3 Å². The van der Waals surface area contributed by atoms with Gasteiger partial charge < -0.3 is 10.3 Å². The third kappa shape index (κ3) is 1.73. The quantitative estimate of drug-likeness (QED) is 0.838. The highest BCUT2D eigenvalue weighted by Gasteiger charge is 2.11. The Kier molecular flexibility index (Phi) is 2.67. The third-order valence-electron chi connectivity index (χ3n) is 2.49. The topological polar surface area (TPSA) is 30.9 Å². The van der Waals surface area contributed by atoms with E-state index in [-0.39, 0.29) is 5.82 Å².